The Bertz CT molecular complexity index is 1200. The maximum absolute atomic E-state index is 12.9. The van der Waals surface area contributed by atoms with Crippen molar-refractivity contribution in [3.63, 3.8) is 0 Å². The Kier molecular flexibility index (Phi) is 3.32. The molecule has 5 rings (SSSR count). The fourth-order valence-electron chi connectivity index (χ4n) is 3.35. The molecule has 136 valence electrons. The molecule has 0 saturated heterocycles. The number of fused-ring (bicyclic) bond motifs is 1. The maximum atomic E-state index is 12.9. The van der Waals surface area contributed by atoms with Crippen LogP contribution in [0.4, 0.5) is 5.69 Å². The van der Waals surface area contributed by atoms with Crippen LogP contribution in [0.25, 0.3) is 10.8 Å². The Morgan fingerprint density at radius 1 is 1.04 bits per heavy atom. The summed E-state index contributed by atoms with van der Waals surface area (Å²) in [5, 5.41) is 1.43. The van der Waals surface area contributed by atoms with Crippen LogP contribution in [0.5, 0.6) is 17.2 Å². The Morgan fingerprint density at radius 2 is 1.81 bits per heavy atom. The van der Waals surface area contributed by atoms with Gasteiger partial charge in [0.2, 0.25) is 6.79 Å². The standard InChI is InChI=1S/C19H13NO6S/c21-18(26-13-7-8-15-16(9-13)25-11-24-15)10-20-14-5-1-3-12-4-2-6-17(19(12)14)27(20,22)23/h1-9H,10-11H2. The fraction of sp³-hybridized carbons (Fsp3) is 0.105. The predicted octanol–water partition coefficient (Wildman–Crippen LogP) is 2.68. The summed E-state index contributed by atoms with van der Waals surface area (Å²) in [5.74, 6) is 0.615. The number of benzene rings is 3. The molecule has 0 fully saturated rings. The van der Waals surface area contributed by atoms with E-state index in [9.17, 15) is 13.2 Å². The van der Waals surface area contributed by atoms with E-state index in [2.05, 4.69) is 0 Å². The summed E-state index contributed by atoms with van der Waals surface area (Å²) in [6.07, 6.45) is 0. The number of anilines is 1. The zero-order chi connectivity index (χ0) is 18.6. The molecule has 0 spiro atoms. The van der Waals surface area contributed by atoms with Gasteiger partial charge in [0.15, 0.2) is 11.5 Å². The van der Waals surface area contributed by atoms with Crippen LogP contribution in [-0.4, -0.2) is 27.7 Å². The molecule has 0 N–H and O–H groups in total. The quantitative estimate of drug-likeness (QED) is 0.511. The molecule has 27 heavy (non-hydrogen) atoms. The predicted molar refractivity (Wildman–Crippen MR) is 96.7 cm³/mol. The van der Waals surface area contributed by atoms with Crippen molar-refractivity contribution in [1.82, 2.24) is 0 Å². The van der Waals surface area contributed by atoms with Gasteiger partial charge in [0.1, 0.15) is 12.3 Å². The second kappa shape index (κ2) is 5.62. The monoisotopic (exact) mass is 383 g/mol. The smallest absolute Gasteiger partial charge is 0.332 e. The molecule has 8 heteroatoms. The number of ether oxygens (including phenoxy) is 3. The van der Waals surface area contributed by atoms with Crippen molar-refractivity contribution in [2.45, 2.75) is 4.90 Å². The molecule has 0 aromatic heterocycles. The van der Waals surface area contributed by atoms with E-state index in [1.807, 2.05) is 12.1 Å². The highest BCUT2D eigenvalue weighted by Gasteiger charge is 2.37. The van der Waals surface area contributed by atoms with Gasteiger partial charge in [0.25, 0.3) is 10.0 Å². The molecule has 0 amide bonds. The minimum absolute atomic E-state index is 0.112. The van der Waals surface area contributed by atoms with E-state index in [0.717, 1.165) is 9.69 Å². The number of hydrogen-bond donors (Lipinski definition) is 0. The van der Waals surface area contributed by atoms with E-state index >= 15 is 0 Å². The largest absolute Gasteiger partial charge is 0.454 e. The minimum atomic E-state index is -3.81. The van der Waals surface area contributed by atoms with Crippen LogP contribution in [-0.2, 0) is 14.8 Å². The molecular formula is C19H13NO6S. The van der Waals surface area contributed by atoms with Crippen LogP contribution in [0.3, 0.4) is 0 Å². The van der Waals surface area contributed by atoms with E-state index in [1.165, 1.54) is 6.07 Å². The summed E-state index contributed by atoms with van der Waals surface area (Å²) in [6, 6.07) is 15.1. The SMILES string of the molecule is O=C(CN1c2cccc3cccc(c23)S1(=O)=O)Oc1ccc2c(c1)OCO2. The maximum Gasteiger partial charge on any atom is 0.332 e. The van der Waals surface area contributed by atoms with Crippen LogP contribution in [0, 0.1) is 0 Å². The molecule has 0 unspecified atom stereocenters. The van der Waals surface area contributed by atoms with Gasteiger partial charge >= 0.3 is 5.97 Å². The molecule has 2 heterocycles. The summed E-state index contributed by atoms with van der Waals surface area (Å²) < 4.78 is 42.6. The topological polar surface area (TPSA) is 82.1 Å². The van der Waals surface area contributed by atoms with Gasteiger partial charge in [-0.15, -0.1) is 0 Å². The van der Waals surface area contributed by atoms with Crippen LogP contribution < -0.4 is 18.5 Å². The van der Waals surface area contributed by atoms with Crippen LogP contribution in [0.1, 0.15) is 0 Å². The van der Waals surface area contributed by atoms with Crippen LogP contribution >= 0.6 is 0 Å². The van der Waals surface area contributed by atoms with Crippen molar-refractivity contribution in [3.05, 3.63) is 54.6 Å². The normalized spacial score (nSPS) is 15.9. The van der Waals surface area contributed by atoms with Crippen LogP contribution in [0.15, 0.2) is 59.5 Å². The van der Waals surface area contributed by atoms with Gasteiger partial charge in [-0.1, -0.05) is 24.3 Å². The van der Waals surface area contributed by atoms with E-state index in [4.69, 9.17) is 14.2 Å². The third-order valence-electron chi connectivity index (χ3n) is 4.53. The van der Waals surface area contributed by atoms with Crippen molar-refractivity contribution in [2.24, 2.45) is 0 Å². The molecular weight excluding hydrogens is 370 g/mol. The van der Waals surface area contributed by atoms with Crippen molar-refractivity contribution < 1.29 is 27.4 Å². The van der Waals surface area contributed by atoms with E-state index < -0.39 is 22.5 Å². The Labute approximate surface area is 154 Å². The minimum Gasteiger partial charge on any atom is -0.454 e. The van der Waals surface area contributed by atoms with Crippen molar-refractivity contribution >= 4 is 32.5 Å². The van der Waals surface area contributed by atoms with Gasteiger partial charge in [0.05, 0.1) is 10.6 Å². The third kappa shape index (κ3) is 2.41. The molecule has 0 atom stereocenters. The highest BCUT2D eigenvalue weighted by Crippen LogP contribution is 2.42. The first kappa shape index (κ1) is 16.0. The summed E-state index contributed by atoms with van der Waals surface area (Å²) in [6.45, 7) is -0.314. The lowest BCUT2D eigenvalue weighted by molar-refractivity contribution is -0.132. The van der Waals surface area contributed by atoms with Crippen LogP contribution in [0.2, 0.25) is 0 Å². The Morgan fingerprint density at radius 3 is 2.67 bits per heavy atom. The van der Waals surface area contributed by atoms with Gasteiger partial charge in [-0.25, -0.2) is 13.2 Å². The van der Waals surface area contributed by atoms with Gasteiger partial charge in [-0.3, -0.25) is 4.31 Å². The fourth-order valence-corrected chi connectivity index (χ4v) is 5.00. The lowest BCUT2D eigenvalue weighted by atomic mass is 10.1. The number of carbonyl (C=O) groups is 1. The summed E-state index contributed by atoms with van der Waals surface area (Å²) in [7, 11) is -3.81. The zero-order valence-corrected chi connectivity index (χ0v) is 14.7. The molecule has 2 aliphatic heterocycles. The first-order valence-corrected chi connectivity index (χ1v) is 9.63. The lowest BCUT2D eigenvalue weighted by Crippen LogP contribution is -2.34. The number of rotatable bonds is 3. The molecule has 2 aliphatic rings. The second-order valence-corrected chi connectivity index (χ2v) is 7.96. The van der Waals surface area contributed by atoms with E-state index in [0.29, 0.717) is 22.6 Å². The molecule has 0 radical (unpaired) electrons. The average molecular weight is 383 g/mol. The average Bonchev–Trinajstić information content (AvgIpc) is 3.20. The van der Waals surface area contributed by atoms with Gasteiger partial charge in [0, 0.05) is 11.5 Å². The molecule has 7 nitrogen and oxygen atoms in total. The molecule has 0 saturated carbocycles. The van der Waals surface area contributed by atoms with Crippen molar-refractivity contribution in [2.75, 3.05) is 17.6 Å². The number of nitrogens with zero attached hydrogens (tertiary/aromatic N) is 1. The zero-order valence-electron chi connectivity index (χ0n) is 13.9. The highest BCUT2D eigenvalue weighted by molar-refractivity contribution is 7.93. The number of carbonyl (C=O) groups excluding carboxylic acids is 1. The summed E-state index contributed by atoms with van der Waals surface area (Å²) in [4.78, 5) is 12.6. The molecule has 3 aromatic carbocycles. The lowest BCUT2D eigenvalue weighted by Gasteiger charge is -2.17. The molecule has 3 aromatic rings. The van der Waals surface area contributed by atoms with Crippen molar-refractivity contribution in [3.8, 4) is 17.2 Å². The number of esters is 1. The molecule has 0 aliphatic carbocycles. The van der Waals surface area contributed by atoms with Gasteiger partial charge < -0.3 is 14.2 Å². The summed E-state index contributed by atoms with van der Waals surface area (Å²) in [5.41, 5.74) is 0.478. The third-order valence-corrected chi connectivity index (χ3v) is 6.33. The number of sulfonamides is 1. The second-order valence-electron chi connectivity index (χ2n) is 6.13. The van der Waals surface area contributed by atoms with Gasteiger partial charge in [-0.05, 0) is 29.7 Å². The molecule has 0 bridgehead atoms. The first-order valence-electron chi connectivity index (χ1n) is 8.19. The summed E-state index contributed by atoms with van der Waals surface area (Å²) >= 11 is 0. The Hall–Kier alpha value is -3.26. The van der Waals surface area contributed by atoms with Crippen molar-refractivity contribution in [1.29, 1.82) is 0 Å². The number of hydrogen-bond acceptors (Lipinski definition) is 6. The van der Waals surface area contributed by atoms with E-state index in [1.54, 1.807) is 36.4 Å². The van der Waals surface area contributed by atoms with Gasteiger partial charge in [-0.2, -0.15) is 0 Å². The van der Waals surface area contributed by atoms with E-state index in [-0.39, 0.29) is 17.4 Å². The Balaban J connectivity index is 1.44. The highest BCUT2D eigenvalue weighted by atomic mass is 32.2. The first-order chi connectivity index (χ1) is 13.0.